The number of anilines is 3. The molecule has 48 heavy (non-hydrogen) atoms. The molecule has 4 aromatic rings. The summed E-state index contributed by atoms with van der Waals surface area (Å²) in [6.45, 7) is 8.89. The number of carbonyl (C=O) groups excluding carboxylic acids is 2. The zero-order valence-electron chi connectivity index (χ0n) is 26.8. The van der Waals surface area contributed by atoms with Crippen molar-refractivity contribution in [1.29, 1.82) is 0 Å². The summed E-state index contributed by atoms with van der Waals surface area (Å²) in [5.41, 5.74) is 5.05. The van der Waals surface area contributed by atoms with E-state index in [1.54, 1.807) is 58.9 Å². The number of carbonyl (C=O) groups is 2. The van der Waals surface area contributed by atoms with Crippen LogP contribution in [0.3, 0.4) is 0 Å². The first-order valence-electron chi connectivity index (χ1n) is 14.6. The Bertz CT molecular complexity index is 1760. The maximum Gasteiger partial charge on any atom is 0.417 e. The van der Waals surface area contributed by atoms with Crippen LogP contribution in [-0.2, 0) is 17.5 Å². The Kier molecular flexibility index (Phi) is 10.4. The number of alkyl halides is 3. The van der Waals surface area contributed by atoms with Gasteiger partial charge < -0.3 is 31.2 Å². The highest BCUT2D eigenvalue weighted by atomic mass is 19.4. The lowest BCUT2D eigenvalue weighted by Gasteiger charge is -2.28. The van der Waals surface area contributed by atoms with Gasteiger partial charge in [0.1, 0.15) is 23.8 Å². The number of aromatic nitrogens is 3. The number of hydrogen-bond acceptors (Lipinski definition) is 9. The average molecular weight is 670 g/mol. The standard InChI is InChI=1S/C33H35F4N7O4/c1-31(2,3)48-30(46)44-32(4,5)18-47-29-26(38)39-17-25(43-29)20-8-6-19(7-9-20)15-40-27-24(14-21(16-41-27)33(35,36)37)28(45)42-23-12-10-22(34)11-13-23/h6-14,16-17H,15,18H2,1-5H3,(H2,38,39)(H,40,41)(H,42,45)(H,44,46). The summed E-state index contributed by atoms with van der Waals surface area (Å²) in [5.74, 6) is -1.36. The van der Waals surface area contributed by atoms with Crippen LogP contribution in [0.4, 0.5) is 39.7 Å². The first-order chi connectivity index (χ1) is 22.4. The SMILES string of the molecule is CC(C)(COc1nc(-c2ccc(CNc3ncc(C(F)(F)F)cc3C(=O)Nc3ccc(F)cc3)cc2)cnc1N)NC(=O)OC(C)(C)C. The van der Waals surface area contributed by atoms with Gasteiger partial charge in [0.25, 0.3) is 11.8 Å². The quantitative estimate of drug-likeness (QED) is 0.133. The van der Waals surface area contributed by atoms with Crippen molar-refractivity contribution in [3.63, 3.8) is 0 Å². The summed E-state index contributed by atoms with van der Waals surface area (Å²) in [7, 11) is 0. The molecule has 0 saturated carbocycles. The molecule has 2 aromatic carbocycles. The average Bonchev–Trinajstić information content (AvgIpc) is 2.99. The molecular formula is C33H35F4N7O4. The Morgan fingerprint density at radius 3 is 2.21 bits per heavy atom. The number of pyridine rings is 1. The van der Waals surface area contributed by atoms with E-state index in [0.29, 0.717) is 29.1 Å². The Morgan fingerprint density at radius 1 is 0.917 bits per heavy atom. The van der Waals surface area contributed by atoms with Crippen LogP contribution < -0.4 is 26.4 Å². The van der Waals surface area contributed by atoms with Crippen molar-refractivity contribution in [1.82, 2.24) is 20.3 Å². The molecule has 0 aliphatic carbocycles. The molecule has 0 aliphatic heterocycles. The number of ether oxygens (including phenoxy) is 2. The number of amides is 2. The van der Waals surface area contributed by atoms with Gasteiger partial charge in [-0.3, -0.25) is 4.79 Å². The van der Waals surface area contributed by atoms with Crippen molar-refractivity contribution < 1.29 is 36.6 Å². The topological polar surface area (TPSA) is 153 Å². The van der Waals surface area contributed by atoms with Gasteiger partial charge in [-0.05, 0) is 70.5 Å². The predicted molar refractivity (Wildman–Crippen MR) is 172 cm³/mol. The van der Waals surface area contributed by atoms with Gasteiger partial charge in [0.15, 0.2) is 5.82 Å². The van der Waals surface area contributed by atoms with Crippen LogP contribution in [0.25, 0.3) is 11.3 Å². The lowest BCUT2D eigenvalue weighted by molar-refractivity contribution is -0.137. The van der Waals surface area contributed by atoms with Gasteiger partial charge >= 0.3 is 12.3 Å². The van der Waals surface area contributed by atoms with Crippen LogP contribution in [0.5, 0.6) is 5.88 Å². The molecule has 11 nitrogen and oxygen atoms in total. The highest BCUT2D eigenvalue weighted by Crippen LogP contribution is 2.31. The minimum atomic E-state index is -4.73. The smallest absolute Gasteiger partial charge is 0.417 e. The number of nitrogen functional groups attached to an aromatic ring is 1. The lowest BCUT2D eigenvalue weighted by atomic mass is 10.1. The van der Waals surface area contributed by atoms with Crippen LogP contribution in [0.1, 0.15) is 56.1 Å². The van der Waals surface area contributed by atoms with Crippen molar-refractivity contribution in [3.05, 3.63) is 89.5 Å². The molecule has 0 radical (unpaired) electrons. The van der Waals surface area contributed by atoms with Crippen molar-refractivity contribution in [2.45, 2.75) is 58.5 Å². The van der Waals surface area contributed by atoms with Gasteiger partial charge in [0.05, 0.1) is 28.6 Å². The molecule has 0 aliphatic rings. The van der Waals surface area contributed by atoms with E-state index in [1.165, 1.54) is 18.3 Å². The van der Waals surface area contributed by atoms with Crippen LogP contribution in [-0.4, -0.2) is 44.7 Å². The van der Waals surface area contributed by atoms with E-state index in [2.05, 4.69) is 30.9 Å². The predicted octanol–water partition coefficient (Wildman–Crippen LogP) is 6.83. The highest BCUT2D eigenvalue weighted by molar-refractivity contribution is 6.07. The first-order valence-corrected chi connectivity index (χ1v) is 14.6. The number of nitrogens with zero attached hydrogens (tertiary/aromatic N) is 3. The third-order valence-electron chi connectivity index (χ3n) is 6.45. The number of halogens is 4. The minimum absolute atomic E-state index is 0.0150. The van der Waals surface area contributed by atoms with Crippen molar-refractivity contribution >= 4 is 29.3 Å². The Balaban J connectivity index is 1.44. The largest absolute Gasteiger partial charge is 0.473 e. The Labute approximate surface area is 274 Å². The number of nitrogens with two attached hydrogens (primary N) is 1. The van der Waals surface area contributed by atoms with Crippen LogP contribution in [0, 0.1) is 5.82 Å². The number of alkyl carbamates (subject to hydrolysis) is 1. The molecule has 0 spiro atoms. The van der Waals surface area contributed by atoms with Gasteiger partial charge in [-0.1, -0.05) is 24.3 Å². The molecule has 0 fully saturated rings. The molecule has 0 saturated heterocycles. The molecule has 5 N–H and O–H groups in total. The van der Waals surface area contributed by atoms with Gasteiger partial charge in [0.2, 0.25) is 0 Å². The maximum atomic E-state index is 13.4. The fourth-order valence-electron chi connectivity index (χ4n) is 4.14. The van der Waals surface area contributed by atoms with E-state index >= 15 is 0 Å². The van der Waals surface area contributed by atoms with Crippen molar-refractivity contribution in [3.8, 4) is 17.1 Å². The van der Waals surface area contributed by atoms with Gasteiger partial charge in [-0.2, -0.15) is 13.2 Å². The van der Waals surface area contributed by atoms with E-state index in [1.807, 2.05) is 0 Å². The Hall–Kier alpha value is -5.47. The summed E-state index contributed by atoms with van der Waals surface area (Å²) in [6, 6.07) is 12.5. The fourth-order valence-corrected chi connectivity index (χ4v) is 4.14. The highest BCUT2D eigenvalue weighted by Gasteiger charge is 2.33. The van der Waals surface area contributed by atoms with Crippen LogP contribution in [0.2, 0.25) is 0 Å². The van der Waals surface area contributed by atoms with E-state index < -0.39 is 40.7 Å². The molecule has 0 atom stereocenters. The molecule has 0 bridgehead atoms. The summed E-state index contributed by atoms with van der Waals surface area (Å²) >= 11 is 0. The van der Waals surface area contributed by atoms with Gasteiger partial charge in [-0.25, -0.2) is 24.1 Å². The lowest BCUT2D eigenvalue weighted by Crippen LogP contribution is -2.49. The third kappa shape index (κ3) is 10.0. The zero-order valence-corrected chi connectivity index (χ0v) is 26.8. The fraction of sp³-hybridized carbons (Fsp3) is 0.303. The van der Waals surface area contributed by atoms with Gasteiger partial charge in [0, 0.05) is 24.0 Å². The number of rotatable bonds is 10. The molecule has 4 rings (SSSR count). The molecular weight excluding hydrogens is 634 g/mol. The normalized spacial score (nSPS) is 11.9. The summed E-state index contributed by atoms with van der Waals surface area (Å²) in [5, 5.41) is 8.11. The summed E-state index contributed by atoms with van der Waals surface area (Å²) < 4.78 is 64.6. The van der Waals surface area contributed by atoms with E-state index in [0.717, 1.165) is 12.1 Å². The second-order valence-electron chi connectivity index (χ2n) is 12.4. The Morgan fingerprint density at radius 2 is 1.58 bits per heavy atom. The summed E-state index contributed by atoms with van der Waals surface area (Å²) in [6.07, 6.45) is -3.22. The molecule has 15 heteroatoms. The second-order valence-corrected chi connectivity index (χ2v) is 12.4. The number of benzene rings is 2. The third-order valence-corrected chi connectivity index (χ3v) is 6.45. The molecule has 2 heterocycles. The molecule has 2 amide bonds. The number of nitrogens with one attached hydrogen (secondary N) is 3. The first kappa shape index (κ1) is 35.4. The van der Waals surface area contributed by atoms with Crippen LogP contribution in [0.15, 0.2) is 67.0 Å². The van der Waals surface area contributed by atoms with Crippen molar-refractivity contribution in [2.75, 3.05) is 23.0 Å². The van der Waals surface area contributed by atoms with E-state index in [9.17, 15) is 27.2 Å². The van der Waals surface area contributed by atoms with Gasteiger partial charge in [-0.15, -0.1) is 0 Å². The molecule has 2 aromatic heterocycles. The van der Waals surface area contributed by atoms with Crippen molar-refractivity contribution in [2.24, 2.45) is 0 Å². The minimum Gasteiger partial charge on any atom is -0.473 e. The summed E-state index contributed by atoms with van der Waals surface area (Å²) in [4.78, 5) is 37.7. The maximum absolute atomic E-state index is 13.4. The second kappa shape index (κ2) is 14.1. The molecule has 0 unspecified atom stereocenters. The zero-order chi connectivity index (χ0) is 35.3. The number of hydrogen-bond donors (Lipinski definition) is 4. The van der Waals surface area contributed by atoms with E-state index in [4.69, 9.17) is 15.2 Å². The molecule has 254 valence electrons. The monoisotopic (exact) mass is 669 g/mol. The van der Waals surface area contributed by atoms with Crippen LogP contribution >= 0.6 is 0 Å². The van der Waals surface area contributed by atoms with E-state index in [-0.39, 0.29) is 41.9 Å².